The molecule has 3 rings (SSSR count). The number of hydrogen-bond acceptors (Lipinski definition) is 2. The molecule has 0 saturated carbocycles. The van der Waals surface area contributed by atoms with Crippen molar-refractivity contribution >= 4 is 28.9 Å². The van der Waals surface area contributed by atoms with Gasteiger partial charge in [-0.15, -0.1) is 0 Å². The van der Waals surface area contributed by atoms with Crippen LogP contribution >= 0.6 is 12.2 Å². The van der Waals surface area contributed by atoms with Gasteiger partial charge in [0.2, 0.25) is 0 Å². The molecule has 148 valence electrons. The average molecular weight is 404 g/mol. The summed E-state index contributed by atoms with van der Waals surface area (Å²) in [6.07, 6.45) is 0. The quantitative estimate of drug-likeness (QED) is 0.602. The molecule has 1 amide bonds. The molecule has 4 nitrogen and oxygen atoms in total. The normalized spacial score (nSPS) is 11.4. The smallest absolute Gasteiger partial charge is 0.253 e. The maximum absolute atomic E-state index is 12.0. The first kappa shape index (κ1) is 20.6. The van der Waals surface area contributed by atoms with E-state index in [1.807, 2.05) is 42.5 Å². The molecule has 0 aliphatic heterocycles. The van der Waals surface area contributed by atoms with Gasteiger partial charge in [0.05, 0.1) is 6.04 Å². The van der Waals surface area contributed by atoms with Crippen LogP contribution in [-0.2, 0) is 0 Å². The number of carbonyl (C=O) groups excluding carboxylic acids is 1. The second-order valence-electron chi connectivity index (χ2n) is 7.08. The lowest BCUT2D eigenvalue weighted by Crippen LogP contribution is -2.33. The molecule has 0 fully saturated rings. The number of carbonyl (C=O) groups is 1. The summed E-state index contributed by atoms with van der Waals surface area (Å²) in [5.74, 6) is -0.0269. The van der Waals surface area contributed by atoms with Gasteiger partial charge in [-0.1, -0.05) is 54.6 Å². The molecule has 0 spiro atoms. The molecule has 0 saturated heterocycles. The zero-order valence-corrected chi connectivity index (χ0v) is 17.7. The minimum atomic E-state index is -0.0630. The maximum atomic E-state index is 12.0. The predicted octanol–water partition coefficient (Wildman–Crippen LogP) is 4.77. The molecule has 29 heavy (non-hydrogen) atoms. The maximum Gasteiger partial charge on any atom is 0.253 e. The number of benzene rings is 3. The third-order valence-corrected chi connectivity index (χ3v) is 4.92. The Kier molecular flexibility index (Phi) is 6.62. The Morgan fingerprint density at radius 3 is 2.14 bits per heavy atom. The van der Waals surface area contributed by atoms with Crippen molar-refractivity contribution in [1.29, 1.82) is 0 Å². The first-order chi connectivity index (χ1) is 14.0. The van der Waals surface area contributed by atoms with Crippen LogP contribution in [-0.4, -0.2) is 30.0 Å². The summed E-state index contributed by atoms with van der Waals surface area (Å²) in [5.41, 5.74) is 4.98. The molecule has 5 heteroatoms. The minimum Gasteiger partial charge on any atom is -0.352 e. The lowest BCUT2D eigenvalue weighted by atomic mass is 9.95. The van der Waals surface area contributed by atoms with Crippen LogP contribution in [0.15, 0.2) is 78.9 Å². The van der Waals surface area contributed by atoms with Gasteiger partial charge in [0.1, 0.15) is 0 Å². The molecule has 0 aliphatic carbocycles. The van der Waals surface area contributed by atoms with Crippen LogP contribution in [0.25, 0.3) is 0 Å². The van der Waals surface area contributed by atoms with E-state index in [1.54, 1.807) is 31.1 Å². The van der Waals surface area contributed by atoms with Gasteiger partial charge in [-0.25, -0.2) is 0 Å². The van der Waals surface area contributed by atoms with Crippen molar-refractivity contribution in [2.24, 2.45) is 0 Å². The SMILES string of the molecule is Cc1ccccc1[C@@H](NC(=S)Nc1ccc(C(=O)N(C)C)cc1)c1ccccc1. The summed E-state index contributed by atoms with van der Waals surface area (Å²) >= 11 is 5.58. The van der Waals surface area contributed by atoms with Crippen molar-refractivity contribution in [3.05, 3.63) is 101 Å². The van der Waals surface area contributed by atoms with Gasteiger partial charge in [0, 0.05) is 25.3 Å². The standard InChI is InChI=1S/C24H25N3OS/c1-17-9-7-8-12-21(17)22(18-10-5-4-6-11-18)26-24(29)25-20-15-13-19(14-16-20)23(28)27(2)3/h4-16,22H,1-3H3,(H2,25,26,29)/t22-/m0/s1. The molecule has 1 atom stereocenters. The highest BCUT2D eigenvalue weighted by Gasteiger charge is 2.17. The van der Waals surface area contributed by atoms with Crippen LogP contribution in [0.1, 0.15) is 33.1 Å². The highest BCUT2D eigenvalue weighted by atomic mass is 32.1. The fourth-order valence-corrected chi connectivity index (χ4v) is 3.39. The summed E-state index contributed by atoms with van der Waals surface area (Å²) in [5, 5.41) is 7.18. The topological polar surface area (TPSA) is 44.4 Å². The van der Waals surface area contributed by atoms with Crippen molar-refractivity contribution in [3.8, 4) is 0 Å². The van der Waals surface area contributed by atoms with Crippen molar-refractivity contribution in [3.63, 3.8) is 0 Å². The molecule has 2 N–H and O–H groups in total. The molecule has 0 radical (unpaired) electrons. The number of anilines is 1. The lowest BCUT2D eigenvalue weighted by Gasteiger charge is -2.23. The molecular weight excluding hydrogens is 378 g/mol. The molecule has 3 aromatic carbocycles. The van der Waals surface area contributed by atoms with E-state index in [0.717, 1.165) is 11.3 Å². The number of hydrogen-bond donors (Lipinski definition) is 2. The van der Waals surface area contributed by atoms with E-state index in [9.17, 15) is 4.79 Å². The van der Waals surface area contributed by atoms with Crippen LogP contribution in [0.2, 0.25) is 0 Å². The molecule has 0 aliphatic rings. The molecule has 3 aromatic rings. The summed E-state index contributed by atoms with van der Waals surface area (Å²) in [7, 11) is 3.48. The Bertz CT molecular complexity index is 985. The van der Waals surface area contributed by atoms with Crippen molar-refractivity contribution in [1.82, 2.24) is 10.2 Å². The molecular formula is C24H25N3OS. The van der Waals surface area contributed by atoms with Crippen molar-refractivity contribution in [2.45, 2.75) is 13.0 Å². The number of aryl methyl sites for hydroxylation is 1. The number of amides is 1. The molecule has 0 aromatic heterocycles. The fourth-order valence-electron chi connectivity index (χ4n) is 3.15. The Morgan fingerprint density at radius 2 is 1.52 bits per heavy atom. The Balaban J connectivity index is 1.77. The van der Waals surface area contributed by atoms with Crippen LogP contribution in [0.3, 0.4) is 0 Å². The molecule has 0 unspecified atom stereocenters. The van der Waals surface area contributed by atoms with Crippen LogP contribution in [0, 0.1) is 6.92 Å². The van der Waals surface area contributed by atoms with Crippen LogP contribution in [0.5, 0.6) is 0 Å². The lowest BCUT2D eigenvalue weighted by molar-refractivity contribution is 0.0827. The number of nitrogens with zero attached hydrogens (tertiary/aromatic N) is 1. The van der Waals surface area contributed by atoms with Gasteiger partial charge in [-0.2, -0.15) is 0 Å². The summed E-state index contributed by atoms with van der Waals surface area (Å²) in [4.78, 5) is 13.6. The predicted molar refractivity (Wildman–Crippen MR) is 123 cm³/mol. The summed E-state index contributed by atoms with van der Waals surface area (Å²) < 4.78 is 0. The van der Waals surface area contributed by atoms with Gasteiger partial charge >= 0.3 is 0 Å². The fraction of sp³-hybridized carbons (Fsp3) is 0.167. The average Bonchev–Trinajstić information content (AvgIpc) is 2.73. The van der Waals surface area contributed by atoms with Gasteiger partial charge in [-0.05, 0) is 60.1 Å². The van der Waals surface area contributed by atoms with E-state index in [0.29, 0.717) is 10.7 Å². The largest absolute Gasteiger partial charge is 0.352 e. The van der Waals surface area contributed by atoms with Crippen molar-refractivity contribution in [2.75, 3.05) is 19.4 Å². The first-order valence-electron chi connectivity index (χ1n) is 9.45. The number of rotatable bonds is 5. The van der Waals surface area contributed by atoms with Crippen molar-refractivity contribution < 1.29 is 4.79 Å². The Labute approximate surface area is 177 Å². The number of thiocarbonyl (C=S) groups is 1. The van der Waals surface area contributed by atoms with Gasteiger partial charge in [0.15, 0.2) is 5.11 Å². The van der Waals surface area contributed by atoms with E-state index >= 15 is 0 Å². The Morgan fingerprint density at radius 1 is 0.897 bits per heavy atom. The van der Waals surface area contributed by atoms with E-state index in [1.165, 1.54) is 11.1 Å². The third kappa shape index (κ3) is 5.21. The highest BCUT2D eigenvalue weighted by Crippen LogP contribution is 2.25. The van der Waals surface area contributed by atoms with Gasteiger partial charge in [0.25, 0.3) is 5.91 Å². The van der Waals surface area contributed by atoms with Crippen LogP contribution < -0.4 is 10.6 Å². The third-order valence-electron chi connectivity index (χ3n) is 4.70. The van der Waals surface area contributed by atoms with Gasteiger partial charge < -0.3 is 15.5 Å². The Hall–Kier alpha value is -3.18. The second kappa shape index (κ2) is 9.34. The minimum absolute atomic E-state index is 0.0269. The zero-order valence-electron chi connectivity index (χ0n) is 16.8. The highest BCUT2D eigenvalue weighted by molar-refractivity contribution is 7.80. The van der Waals surface area contributed by atoms with Gasteiger partial charge in [-0.3, -0.25) is 4.79 Å². The molecule has 0 heterocycles. The zero-order chi connectivity index (χ0) is 20.8. The van der Waals surface area contributed by atoms with E-state index in [-0.39, 0.29) is 11.9 Å². The summed E-state index contributed by atoms with van der Waals surface area (Å²) in [6.45, 7) is 2.10. The van der Waals surface area contributed by atoms with E-state index < -0.39 is 0 Å². The van der Waals surface area contributed by atoms with E-state index in [4.69, 9.17) is 12.2 Å². The van der Waals surface area contributed by atoms with E-state index in [2.05, 4.69) is 41.8 Å². The number of nitrogens with one attached hydrogen (secondary N) is 2. The summed E-state index contributed by atoms with van der Waals surface area (Å²) in [6, 6.07) is 25.8. The monoisotopic (exact) mass is 403 g/mol. The second-order valence-corrected chi connectivity index (χ2v) is 7.48. The molecule has 0 bridgehead atoms. The first-order valence-corrected chi connectivity index (χ1v) is 9.86. The van der Waals surface area contributed by atoms with Crippen LogP contribution in [0.4, 0.5) is 5.69 Å².